The van der Waals surface area contributed by atoms with Crippen LogP contribution in [0.15, 0.2) is 77.2 Å². The summed E-state index contributed by atoms with van der Waals surface area (Å²) in [6, 6.07) is 21.3. The van der Waals surface area contributed by atoms with Gasteiger partial charge >= 0.3 is 0 Å². The topological polar surface area (TPSA) is 83.0 Å². The van der Waals surface area contributed by atoms with Gasteiger partial charge in [0.2, 0.25) is 0 Å². The van der Waals surface area contributed by atoms with E-state index in [0.29, 0.717) is 37.9 Å². The first-order chi connectivity index (χ1) is 16.9. The van der Waals surface area contributed by atoms with Crippen molar-refractivity contribution in [2.45, 2.75) is 0 Å². The standard InChI is InChI=1S/C25H15Cl3N4O2S/c26-14-6-7-15(17(28)12-14)21-9-10-22(34-21)24(33)32-25(35)31-20-11-13(5-8-16(20)27)23-29-18-3-1-2-4-19(18)30-23/h1-12H,(H,29,30)(H2,31,32,33,35). The number of benzene rings is 3. The number of carbonyl (C=O) groups is 1. The number of H-pyrrole nitrogens is 1. The number of fused-ring (bicyclic) bond motifs is 1. The molecule has 3 aromatic carbocycles. The summed E-state index contributed by atoms with van der Waals surface area (Å²) >= 11 is 23.8. The number of amides is 1. The maximum Gasteiger partial charge on any atom is 0.293 e. The van der Waals surface area contributed by atoms with Crippen molar-refractivity contribution in [2.24, 2.45) is 0 Å². The second kappa shape index (κ2) is 9.71. The van der Waals surface area contributed by atoms with Crippen LogP contribution in [-0.2, 0) is 0 Å². The molecule has 0 saturated heterocycles. The van der Waals surface area contributed by atoms with E-state index in [1.807, 2.05) is 30.3 Å². The van der Waals surface area contributed by atoms with Crippen molar-refractivity contribution in [3.05, 3.63) is 93.6 Å². The quantitative estimate of drug-likeness (QED) is 0.204. The van der Waals surface area contributed by atoms with Gasteiger partial charge < -0.3 is 14.7 Å². The minimum absolute atomic E-state index is 0.0566. The van der Waals surface area contributed by atoms with E-state index in [0.717, 1.165) is 16.6 Å². The van der Waals surface area contributed by atoms with Crippen molar-refractivity contribution in [3.8, 4) is 22.7 Å². The molecule has 0 aliphatic carbocycles. The van der Waals surface area contributed by atoms with Crippen LogP contribution in [0.4, 0.5) is 5.69 Å². The van der Waals surface area contributed by atoms with Crippen LogP contribution in [0.1, 0.15) is 10.6 Å². The predicted octanol–water partition coefficient (Wildman–Crippen LogP) is 7.58. The number of halogens is 3. The molecule has 0 radical (unpaired) electrons. The number of aromatic amines is 1. The maximum absolute atomic E-state index is 12.7. The van der Waals surface area contributed by atoms with E-state index in [4.69, 9.17) is 51.4 Å². The molecule has 0 bridgehead atoms. The molecule has 3 N–H and O–H groups in total. The number of nitrogens with one attached hydrogen (secondary N) is 3. The van der Waals surface area contributed by atoms with Gasteiger partial charge in [-0.1, -0.05) is 46.9 Å². The van der Waals surface area contributed by atoms with Crippen molar-refractivity contribution in [3.63, 3.8) is 0 Å². The molecule has 1 amide bonds. The molecule has 0 fully saturated rings. The highest BCUT2D eigenvalue weighted by molar-refractivity contribution is 7.80. The summed E-state index contributed by atoms with van der Waals surface area (Å²) in [7, 11) is 0. The highest BCUT2D eigenvalue weighted by Crippen LogP contribution is 2.32. The number of hydrogen-bond donors (Lipinski definition) is 3. The first-order valence-electron chi connectivity index (χ1n) is 10.3. The molecule has 0 spiro atoms. The zero-order valence-corrected chi connectivity index (χ0v) is 20.8. The van der Waals surface area contributed by atoms with E-state index in [9.17, 15) is 4.79 Å². The Kier molecular flexibility index (Phi) is 6.49. The fourth-order valence-electron chi connectivity index (χ4n) is 3.47. The lowest BCUT2D eigenvalue weighted by Gasteiger charge is -2.11. The van der Waals surface area contributed by atoms with Gasteiger partial charge in [0.15, 0.2) is 10.9 Å². The molecule has 10 heteroatoms. The maximum atomic E-state index is 12.7. The van der Waals surface area contributed by atoms with E-state index in [1.165, 1.54) is 6.07 Å². The molecule has 5 rings (SSSR count). The average Bonchev–Trinajstić information content (AvgIpc) is 3.48. The Bertz CT molecular complexity index is 1560. The number of thiocarbonyl (C=S) groups is 1. The molecule has 2 aromatic heterocycles. The fraction of sp³-hybridized carbons (Fsp3) is 0. The van der Waals surface area contributed by atoms with Crippen molar-refractivity contribution >= 4 is 74.8 Å². The third kappa shape index (κ3) is 5.04. The SMILES string of the molecule is O=C(NC(=S)Nc1cc(-c2nc3ccccc3[nH]2)ccc1Cl)c1ccc(-c2ccc(Cl)cc2Cl)o1. The molecule has 6 nitrogen and oxygen atoms in total. The summed E-state index contributed by atoms with van der Waals surface area (Å²) < 4.78 is 5.67. The van der Waals surface area contributed by atoms with Crippen LogP contribution in [0.25, 0.3) is 33.7 Å². The van der Waals surface area contributed by atoms with Gasteiger partial charge in [-0.25, -0.2) is 4.98 Å². The number of carbonyl (C=O) groups excluding carboxylic acids is 1. The first-order valence-corrected chi connectivity index (χ1v) is 11.8. The Labute approximate surface area is 220 Å². The first kappa shape index (κ1) is 23.4. The summed E-state index contributed by atoms with van der Waals surface area (Å²) in [5.41, 5.74) is 3.71. The molecule has 0 atom stereocenters. The van der Waals surface area contributed by atoms with E-state index < -0.39 is 5.91 Å². The van der Waals surface area contributed by atoms with Crippen molar-refractivity contribution < 1.29 is 9.21 Å². The van der Waals surface area contributed by atoms with Crippen molar-refractivity contribution in [1.82, 2.24) is 15.3 Å². The van der Waals surface area contributed by atoms with Gasteiger partial charge in [-0.05, 0) is 72.9 Å². The van der Waals surface area contributed by atoms with Crippen LogP contribution in [0.3, 0.4) is 0 Å². The van der Waals surface area contributed by atoms with E-state index in [1.54, 1.807) is 36.4 Å². The Morgan fingerprint density at radius 1 is 0.943 bits per heavy atom. The molecular formula is C25H15Cl3N4O2S. The van der Waals surface area contributed by atoms with Crippen molar-refractivity contribution in [2.75, 3.05) is 5.32 Å². The molecule has 2 heterocycles. The van der Waals surface area contributed by atoms with Crippen LogP contribution in [0.5, 0.6) is 0 Å². The highest BCUT2D eigenvalue weighted by atomic mass is 35.5. The number of furan rings is 1. The van der Waals surface area contributed by atoms with Gasteiger partial charge in [0.25, 0.3) is 5.91 Å². The lowest BCUT2D eigenvalue weighted by Crippen LogP contribution is -2.34. The number of para-hydroxylation sites is 2. The molecule has 0 saturated carbocycles. The third-order valence-corrected chi connectivity index (χ3v) is 6.21. The second-order valence-corrected chi connectivity index (χ2v) is 9.15. The number of aromatic nitrogens is 2. The predicted molar refractivity (Wildman–Crippen MR) is 144 cm³/mol. The van der Waals surface area contributed by atoms with Gasteiger partial charge in [-0.3, -0.25) is 10.1 Å². The number of rotatable bonds is 4. The monoisotopic (exact) mass is 540 g/mol. The number of nitrogens with zero attached hydrogens (tertiary/aromatic N) is 1. The largest absolute Gasteiger partial charge is 0.451 e. The van der Waals surface area contributed by atoms with Gasteiger partial charge in [-0.15, -0.1) is 0 Å². The van der Waals surface area contributed by atoms with Crippen molar-refractivity contribution in [1.29, 1.82) is 0 Å². The van der Waals surface area contributed by atoms with Gasteiger partial charge in [0.05, 0.1) is 26.8 Å². The van der Waals surface area contributed by atoms with Crippen LogP contribution in [0, 0.1) is 0 Å². The zero-order valence-electron chi connectivity index (χ0n) is 17.7. The summed E-state index contributed by atoms with van der Waals surface area (Å²) in [5.74, 6) is 0.655. The molecular weight excluding hydrogens is 527 g/mol. The Morgan fingerprint density at radius 2 is 1.77 bits per heavy atom. The van der Waals surface area contributed by atoms with Crippen LogP contribution in [-0.4, -0.2) is 21.0 Å². The molecule has 5 aromatic rings. The van der Waals surface area contributed by atoms with Gasteiger partial charge in [0, 0.05) is 16.1 Å². The summed E-state index contributed by atoms with van der Waals surface area (Å²) in [6.45, 7) is 0. The van der Waals surface area contributed by atoms with Crippen LogP contribution >= 0.6 is 47.0 Å². The molecule has 35 heavy (non-hydrogen) atoms. The van der Waals surface area contributed by atoms with Gasteiger partial charge in [0.1, 0.15) is 11.6 Å². The molecule has 174 valence electrons. The lowest BCUT2D eigenvalue weighted by molar-refractivity contribution is 0.0951. The molecule has 0 unspecified atom stereocenters. The Morgan fingerprint density at radius 3 is 2.57 bits per heavy atom. The minimum Gasteiger partial charge on any atom is -0.451 e. The smallest absolute Gasteiger partial charge is 0.293 e. The number of hydrogen-bond acceptors (Lipinski definition) is 4. The lowest BCUT2D eigenvalue weighted by atomic mass is 10.2. The minimum atomic E-state index is -0.525. The second-order valence-electron chi connectivity index (χ2n) is 7.49. The Balaban J connectivity index is 1.30. The normalized spacial score (nSPS) is 10.9. The number of anilines is 1. The van der Waals surface area contributed by atoms with Crippen LogP contribution in [0.2, 0.25) is 15.1 Å². The van der Waals surface area contributed by atoms with E-state index in [-0.39, 0.29) is 10.9 Å². The number of imidazole rings is 1. The van der Waals surface area contributed by atoms with Gasteiger partial charge in [-0.2, -0.15) is 0 Å². The Hall–Kier alpha value is -3.36. The summed E-state index contributed by atoms with van der Waals surface area (Å²) in [5, 5.41) is 6.95. The zero-order chi connectivity index (χ0) is 24.5. The fourth-order valence-corrected chi connectivity index (χ4v) is 4.34. The third-order valence-electron chi connectivity index (χ3n) is 5.13. The van der Waals surface area contributed by atoms with E-state index in [2.05, 4.69) is 20.6 Å². The summed E-state index contributed by atoms with van der Waals surface area (Å²) in [6.07, 6.45) is 0. The molecule has 0 aliphatic heterocycles. The average molecular weight is 542 g/mol. The van der Waals surface area contributed by atoms with Crippen LogP contribution < -0.4 is 10.6 Å². The highest BCUT2D eigenvalue weighted by Gasteiger charge is 2.16. The van der Waals surface area contributed by atoms with E-state index >= 15 is 0 Å². The summed E-state index contributed by atoms with van der Waals surface area (Å²) in [4.78, 5) is 20.5. The molecule has 0 aliphatic rings.